The Hall–Kier alpha value is -5.93. The summed E-state index contributed by atoms with van der Waals surface area (Å²) in [5, 5.41) is 13.6. The number of hydrogen-bond acceptors (Lipinski definition) is 10. The number of piperidine rings is 2. The number of hydrogen-bond donors (Lipinski definition) is 3. The number of nitrogens with zero attached hydrogens (tertiary/aromatic N) is 7. The van der Waals surface area contributed by atoms with Crippen molar-refractivity contribution in [2.45, 2.75) is 63.2 Å². The van der Waals surface area contributed by atoms with Gasteiger partial charge < -0.3 is 20.4 Å². The molecule has 10 rings (SSSR count). The third-order valence-electron chi connectivity index (χ3n) is 12.9. The van der Waals surface area contributed by atoms with Crippen molar-refractivity contribution in [1.82, 2.24) is 40.0 Å². The van der Waals surface area contributed by atoms with Crippen molar-refractivity contribution in [2.24, 2.45) is 5.41 Å². The fourth-order valence-corrected chi connectivity index (χ4v) is 9.71. The zero-order chi connectivity index (χ0) is 41.3. The second kappa shape index (κ2) is 15.0. The lowest BCUT2D eigenvalue weighted by molar-refractivity contribution is -0.134. The number of rotatable bonds is 9. The maximum atomic E-state index is 13.6. The molecule has 3 atom stereocenters. The Bertz CT molecular complexity index is 2570. The second-order valence-electron chi connectivity index (χ2n) is 16.8. The molecule has 3 saturated heterocycles. The molecule has 1 aliphatic carbocycles. The van der Waals surface area contributed by atoms with E-state index in [1.807, 2.05) is 23.2 Å². The van der Waals surface area contributed by atoms with Gasteiger partial charge in [0, 0.05) is 93.3 Å². The molecule has 1 unspecified atom stereocenters. The molecule has 1 saturated carbocycles. The molecule has 7 heterocycles. The number of carbonyl (C=O) groups is 4. The predicted molar refractivity (Wildman–Crippen MR) is 223 cm³/mol. The van der Waals surface area contributed by atoms with Gasteiger partial charge in [-0.1, -0.05) is 29.8 Å². The summed E-state index contributed by atoms with van der Waals surface area (Å²) in [5.41, 5.74) is 8.10. The van der Waals surface area contributed by atoms with Gasteiger partial charge in [0.25, 0.3) is 11.8 Å². The molecule has 1 spiro atoms. The lowest BCUT2D eigenvalue weighted by Crippen LogP contribution is -2.60. The third-order valence-corrected chi connectivity index (χ3v) is 13.2. The van der Waals surface area contributed by atoms with Crippen molar-refractivity contribution in [1.29, 1.82) is 0 Å². The minimum atomic E-state index is -1.01. The number of imide groups is 1. The molecular formula is C44H44ClFN10O4. The molecule has 4 amide bonds. The van der Waals surface area contributed by atoms with Crippen molar-refractivity contribution < 1.29 is 23.6 Å². The minimum Gasteiger partial charge on any atom is -0.385 e. The van der Waals surface area contributed by atoms with Gasteiger partial charge in [0.05, 0.1) is 29.5 Å². The summed E-state index contributed by atoms with van der Waals surface area (Å²) < 4.78 is 15.1. The molecule has 3 aromatic heterocycles. The lowest BCUT2D eigenvalue weighted by Gasteiger charge is -2.54. The molecule has 0 radical (unpaired) electrons. The van der Waals surface area contributed by atoms with Crippen LogP contribution in [0.5, 0.6) is 0 Å². The largest absolute Gasteiger partial charge is 0.385 e. The summed E-state index contributed by atoms with van der Waals surface area (Å²) in [6.45, 7) is 4.78. The zero-order valence-electron chi connectivity index (χ0n) is 33.1. The van der Waals surface area contributed by atoms with E-state index in [0.29, 0.717) is 60.1 Å². The number of alkyl halides is 1. The molecule has 60 heavy (non-hydrogen) atoms. The monoisotopic (exact) mass is 830 g/mol. The van der Waals surface area contributed by atoms with Crippen LogP contribution in [0.25, 0.3) is 16.9 Å². The van der Waals surface area contributed by atoms with E-state index >= 15 is 0 Å². The molecule has 5 aliphatic rings. The van der Waals surface area contributed by atoms with Crippen LogP contribution in [-0.4, -0.2) is 105 Å². The van der Waals surface area contributed by atoms with E-state index in [2.05, 4.69) is 55.0 Å². The van der Waals surface area contributed by atoms with Gasteiger partial charge in [-0.2, -0.15) is 0 Å². The maximum absolute atomic E-state index is 13.6. The first-order valence-corrected chi connectivity index (χ1v) is 21.0. The van der Waals surface area contributed by atoms with Crippen LogP contribution in [0.15, 0.2) is 67.0 Å². The number of nitrogens with one attached hydrogen (secondary N) is 3. The number of likely N-dealkylation sites (tertiary alicyclic amines) is 2. The number of aromatic nitrogens is 4. The summed E-state index contributed by atoms with van der Waals surface area (Å²) in [6, 6.07) is 17.1. The standard InChI is InChI=1S/C44H44ClFN10O4/c1-47-35-19-38(52-56-37(21-49-40(35)56)42(59)50-34-18-32(34)46)55-14-11-28-27(3-2-4-36(28)55)33-9-5-25(20-48-33)22-53-23-44(24-53)12-15-54(16-13-44)43(60)26-6-8-31(45)30(17-26)29-7-10-39(57)51-41(29)58/h2-6,8-9,17,19-21,29,32,34,47H,7,10-16,18,22-24H2,1H3,(H,50,59)(H,51,57,58)/t29?,32-,34+/m0/s1. The fourth-order valence-electron chi connectivity index (χ4n) is 9.46. The number of halogens is 2. The zero-order valence-corrected chi connectivity index (χ0v) is 33.8. The van der Waals surface area contributed by atoms with Crippen LogP contribution in [0.1, 0.15) is 75.6 Å². The van der Waals surface area contributed by atoms with Gasteiger partial charge in [0.2, 0.25) is 11.8 Å². The Morgan fingerprint density at radius 3 is 2.55 bits per heavy atom. The molecule has 4 aliphatic heterocycles. The summed E-state index contributed by atoms with van der Waals surface area (Å²) in [4.78, 5) is 66.6. The Kier molecular flexibility index (Phi) is 9.55. The molecule has 3 N–H and O–H groups in total. The van der Waals surface area contributed by atoms with E-state index in [4.69, 9.17) is 21.7 Å². The fraction of sp³-hybridized carbons (Fsp3) is 0.386. The number of carbonyl (C=O) groups excluding carboxylic acids is 4. The Morgan fingerprint density at radius 1 is 1.00 bits per heavy atom. The molecule has 2 aromatic carbocycles. The van der Waals surface area contributed by atoms with Gasteiger partial charge in [0.15, 0.2) is 17.2 Å². The predicted octanol–water partition coefficient (Wildman–Crippen LogP) is 5.28. The van der Waals surface area contributed by atoms with Crippen molar-refractivity contribution >= 4 is 58.1 Å². The smallest absolute Gasteiger partial charge is 0.271 e. The summed E-state index contributed by atoms with van der Waals surface area (Å²) in [5.74, 6) is -1.01. The van der Waals surface area contributed by atoms with Crippen LogP contribution >= 0.6 is 11.6 Å². The summed E-state index contributed by atoms with van der Waals surface area (Å²) >= 11 is 6.46. The molecule has 308 valence electrons. The lowest BCUT2D eigenvalue weighted by atomic mass is 9.72. The first kappa shape index (κ1) is 38.3. The normalized spacial score (nSPS) is 22.1. The van der Waals surface area contributed by atoms with E-state index in [-0.39, 0.29) is 35.3 Å². The maximum Gasteiger partial charge on any atom is 0.271 e. The van der Waals surface area contributed by atoms with Crippen molar-refractivity contribution in [3.8, 4) is 11.3 Å². The SMILES string of the molecule is CNc1cc(N2CCc3c(-c4ccc(CN5CC6(CCN(C(=O)c7ccc(Cl)c(C8CCC(=O)NC8=O)c7)CC6)C5)cn4)cccc32)nn2c(C(=O)N[C@@H]3C[C@@H]3F)cnc12. The number of amides is 4. The number of pyridine rings is 1. The average Bonchev–Trinajstić information content (AvgIpc) is 3.55. The number of imidazole rings is 1. The number of benzene rings is 2. The van der Waals surface area contributed by atoms with Crippen LogP contribution in [0.4, 0.5) is 21.6 Å². The van der Waals surface area contributed by atoms with Crippen LogP contribution in [0.2, 0.25) is 5.02 Å². The van der Waals surface area contributed by atoms with E-state index in [1.165, 1.54) is 16.3 Å². The number of anilines is 3. The second-order valence-corrected chi connectivity index (χ2v) is 17.2. The molecular weight excluding hydrogens is 787 g/mol. The first-order chi connectivity index (χ1) is 29.1. The van der Waals surface area contributed by atoms with Gasteiger partial charge in [-0.05, 0) is 78.1 Å². The molecule has 0 bridgehead atoms. The van der Waals surface area contributed by atoms with Crippen LogP contribution in [0, 0.1) is 5.41 Å². The topological polar surface area (TPSA) is 157 Å². The van der Waals surface area contributed by atoms with Crippen LogP contribution < -0.4 is 20.9 Å². The quantitative estimate of drug-likeness (QED) is 0.167. The highest BCUT2D eigenvalue weighted by atomic mass is 35.5. The first-order valence-electron chi connectivity index (χ1n) is 20.6. The van der Waals surface area contributed by atoms with E-state index in [0.717, 1.165) is 67.1 Å². The Balaban J connectivity index is 0.767. The van der Waals surface area contributed by atoms with Gasteiger partial charge in [-0.3, -0.25) is 34.4 Å². The van der Waals surface area contributed by atoms with Crippen molar-refractivity contribution in [2.75, 3.05) is 50.0 Å². The molecule has 14 nitrogen and oxygen atoms in total. The van der Waals surface area contributed by atoms with E-state index in [1.54, 1.807) is 25.2 Å². The molecule has 16 heteroatoms. The summed E-state index contributed by atoms with van der Waals surface area (Å²) in [7, 11) is 1.80. The van der Waals surface area contributed by atoms with Crippen LogP contribution in [-0.2, 0) is 22.6 Å². The minimum absolute atomic E-state index is 0.0624. The Morgan fingerprint density at radius 2 is 1.82 bits per heavy atom. The van der Waals surface area contributed by atoms with Gasteiger partial charge in [-0.25, -0.2) is 13.9 Å². The van der Waals surface area contributed by atoms with Crippen molar-refractivity contribution in [3.63, 3.8) is 0 Å². The number of fused-ring (bicyclic) bond motifs is 2. The van der Waals surface area contributed by atoms with Crippen molar-refractivity contribution in [3.05, 3.63) is 100.0 Å². The van der Waals surface area contributed by atoms with Gasteiger partial charge in [0.1, 0.15) is 6.17 Å². The van der Waals surface area contributed by atoms with Gasteiger partial charge >= 0.3 is 0 Å². The molecule has 4 fully saturated rings. The molecule has 5 aromatic rings. The highest BCUT2D eigenvalue weighted by Gasteiger charge is 2.45. The third kappa shape index (κ3) is 6.92. The Labute approximate surface area is 350 Å². The van der Waals surface area contributed by atoms with E-state index in [9.17, 15) is 23.6 Å². The van der Waals surface area contributed by atoms with Crippen LogP contribution in [0.3, 0.4) is 0 Å². The summed E-state index contributed by atoms with van der Waals surface area (Å²) in [6.07, 6.45) is 6.03. The highest BCUT2D eigenvalue weighted by Crippen LogP contribution is 2.43. The van der Waals surface area contributed by atoms with Gasteiger partial charge in [-0.15, -0.1) is 5.10 Å². The van der Waals surface area contributed by atoms with E-state index < -0.39 is 24.0 Å². The average molecular weight is 831 g/mol. The highest BCUT2D eigenvalue weighted by molar-refractivity contribution is 6.32.